The number of allylic oxidation sites excluding steroid dienone is 2. The quantitative estimate of drug-likeness (QED) is 0.550. The molecule has 1 aliphatic heterocycles. The second-order valence-electron chi connectivity index (χ2n) is 6.45. The van der Waals surface area contributed by atoms with Crippen LogP contribution in [0.5, 0.6) is 0 Å². The number of pyridine rings is 1. The summed E-state index contributed by atoms with van der Waals surface area (Å²) in [6, 6.07) is 2.88. The van der Waals surface area contributed by atoms with Crippen molar-refractivity contribution in [2.24, 2.45) is 0 Å². The Morgan fingerprint density at radius 1 is 1.29 bits per heavy atom. The van der Waals surface area contributed by atoms with E-state index in [1.54, 1.807) is 17.3 Å². The molecule has 0 aliphatic carbocycles. The number of H-pyrrole nitrogens is 1. The van der Waals surface area contributed by atoms with Gasteiger partial charge in [0, 0.05) is 24.2 Å². The van der Waals surface area contributed by atoms with Gasteiger partial charge in [-0.05, 0) is 18.2 Å². The van der Waals surface area contributed by atoms with Crippen molar-refractivity contribution >= 4 is 11.7 Å². The van der Waals surface area contributed by atoms with Gasteiger partial charge in [-0.3, -0.25) is 20.3 Å². The molecule has 3 aromatic heterocycles. The highest BCUT2D eigenvalue weighted by atomic mass is 19.4. The first-order chi connectivity index (χ1) is 14.9. The molecule has 0 saturated carbocycles. The van der Waals surface area contributed by atoms with Crippen molar-refractivity contribution in [1.29, 1.82) is 0 Å². The van der Waals surface area contributed by atoms with E-state index in [0.717, 1.165) is 0 Å². The number of hydrogen-bond acceptors (Lipinski definition) is 7. The minimum absolute atomic E-state index is 0.000894. The van der Waals surface area contributed by atoms with Crippen LogP contribution in [0.2, 0.25) is 0 Å². The van der Waals surface area contributed by atoms with Crippen LogP contribution < -0.4 is 10.7 Å². The zero-order valence-corrected chi connectivity index (χ0v) is 15.8. The minimum atomic E-state index is -4.39. The van der Waals surface area contributed by atoms with Crippen LogP contribution in [0.25, 0.3) is 22.8 Å². The molecule has 0 aromatic carbocycles. The molecule has 0 bridgehead atoms. The van der Waals surface area contributed by atoms with E-state index in [-0.39, 0.29) is 23.2 Å². The van der Waals surface area contributed by atoms with Gasteiger partial charge in [0.25, 0.3) is 5.91 Å². The van der Waals surface area contributed by atoms with Crippen molar-refractivity contribution in [2.45, 2.75) is 6.18 Å². The molecule has 160 valence electrons. The van der Waals surface area contributed by atoms with Crippen molar-refractivity contribution < 1.29 is 22.4 Å². The van der Waals surface area contributed by atoms with Gasteiger partial charge in [-0.2, -0.15) is 18.3 Å². The highest BCUT2D eigenvalue weighted by Crippen LogP contribution is 2.30. The lowest BCUT2D eigenvalue weighted by molar-refractivity contribution is -0.115. The summed E-state index contributed by atoms with van der Waals surface area (Å²) in [7, 11) is 0. The van der Waals surface area contributed by atoms with Crippen molar-refractivity contribution in [3.05, 3.63) is 60.8 Å². The number of rotatable bonds is 6. The maximum absolute atomic E-state index is 12.8. The normalized spacial score (nSPS) is 13.5. The van der Waals surface area contributed by atoms with Crippen molar-refractivity contribution in [3.63, 3.8) is 0 Å². The van der Waals surface area contributed by atoms with Crippen molar-refractivity contribution in [1.82, 2.24) is 30.6 Å². The monoisotopic (exact) mass is 431 g/mol. The third kappa shape index (κ3) is 4.91. The zero-order valence-electron chi connectivity index (χ0n) is 15.8. The van der Waals surface area contributed by atoms with Gasteiger partial charge in [0.15, 0.2) is 11.5 Å². The largest absolute Gasteiger partial charge is 0.435 e. The maximum Gasteiger partial charge on any atom is 0.405 e. The van der Waals surface area contributed by atoms with Gasteiger partial charge in [-0.25, -0.2) is 9.97 Å². The van der Waals surface area contributed by atoms with E-state index in [1.807, 2.05) is 12.2 Å². The Morgan fingerprint density at radius 2 is 2.16 bits per heavy atom. The van der Waals surface area contributed by atoms with Crippen LogP contribution in [-0.2, 0) is 0 Å². The summed E-state index contributed by atoms with van der Waals surface area (Å²) in [5, 5.41) is 10.3. The van der Waals surface area contributed by atoms with E-state index in [9.17, 15) is 18.0 Å². The second-order valence-corrected chi connectivity index (χ2v) is 6.45. The fraction of sp³-hybridized carbons (Fsp3) is 0.158. The summed E-state index contributed by atoms with van der Waals surface area (Å²) in [4.78, 5) is 21.0. The van der Waals surface area contributed by atoms with Crippen LogP contribution in [0, 0.1) is 0 Å². The Balaban J connectivity index is 1.63. The Labute approximate surface area is 173 Å². The SMILES string of the molecule is O=C(NN1C=CC=CC1)c1nc(-c2ccnc(NCC(F)(F)F)c2)oc1-c1cn[nH]c1. The van der Waals surface area contributed by atoms with E-state index in [0.29, 0.717) is 17.7 Å². The smallest absolute Gasteiger partial charge is 0.405 e. The van der Waals surface area contributed by atoms with Gasteiger partial charge in [0.05, 0.1) is 18.3 Å². The van der Waals surface area contributed by atoms with Crippen LogP contribution in [0.15, 0.2) is 59.6 Å². The lowest BCUT2D eigenvalue weighted by Crippen LogP contribution is -2.39. The molecule has 0 fully saturated rings. The third-order valence-corrected chi connectivity index (χ3v) is 4.14. The number of aromatic nitrogens is 4. The topological polar surface area (TPSA) is 112 Å². The molecule has 1 amide bonds. The average Bonchev–Trinajstić information content (AvgIpc) is 3.42. The van der Waals surface area contributed by atoms with E-state index in [2.05, 4.69) is 30.9 Å². The molecule has 0 atom stereocenters. The van der Waals surface area contributed by atoms with Crippen molar-refractivity contribution in [3.8, 4) is 22.8 Å². The van der Waals surface area contributed by atoms with Crippen LogP contribution in [0.4, 0.5) is 19.0 Å². The zero-order chi connectivity index (χ0) is 21.8. The Hall–Kier alpha value is -4.09. The van der Waals surface area contributed by atoms with Gasteiger partial charge in [0.1, 0.15) is 12.4 Å². The van der Waals surface area contributed by atoms with E-state index < -0.39 is 18.6 Å². The van der Waals surface area contributed by atoms with Gasteiger partial charge < -0.3 is 9.73 Å². The van der Waals surface area contributed by atoms with Crippen LogP contribution >= 0.6 is 0 Å². The highest BCUT2D eigenvalue weighted by molar-refractivity contribution is 5.98. The molecular weight excluding hydrogens is 415 g/mol. The number of carbonyl (C=O) groups excluding carboxylic acids is 1. The summed E-state index contributed by atoms with van der Waals surface area (Å²) >= 11 is 0. The van der Waals surface area contributed by atoms with Gasteiger partial charge in [0.2, 0.25) is 5.89 Å². The van der Waals surface area contributed by atoms with Gasteiger partial charge in [-0.15, -0.1) is 0 Å². The Bertz CT molecular complexity index is 1120. The van der Waals surface area contributed by atoms with E-state index in [4.69, 9.17) is 4.42 Å². The summed E-state index contributed by atoms with van der Waals surface area (Å²) in [5.41, 5.74) is 3.54. The number of amides is 1. The number of hydrogen-bond donors (Lipinski definition) is 3. The second kappa shape index (κ2) is 8.34. The molecule has 4 rings (SSSR count). The summed E-state index contributed by atoms with van der Waals surface area (Å²) < 4.78 is 43.2. The number of anilines is 1. The molecule has 0 radical (unpaired) electrons. The standard InChI is InChI=1S/C19H16F3N7O2/c20-19(21,22)11-24-14-8-12(4-5-23-14)18-27-15(16(31-18)13-9-25-26-10-13)17(30)28-29-6-2-1-3-7-29/h1-6,8-10H,7,11H2,(H,23,24)(H,25,26)(H,28,30). The molecule has 0 unspecified atom stereocenters. The highest BCUT2D eigenvalue weighted by Gasteiger charge is 2.27. The van der Waals surface area contributed by atoms with Crippen LogP contribution in [-0.4, -0.2) is 50.3 Å². The maximum atomic E-state index is 12.8. The number of carbonyl (C=O) groups is 1. The van der Waals surface area contributed by atoms with Crippen LogP contribution in [0.1, 0.15) is 10.5 Å². The number of alkyl halides is 3. The average molecular weight is 431 g/mol. The molecule has 1 aliphatic rings. The summed E-state index contributed by atoms with van der Waals surface area (Å²) in [6.45, 7) is -0.757. The molecule has 9 nitrogen and oxygen atoms in total. The van der Waals surface area contributed by atoms with E-state index >= 15 is 0 Å². The molecule has 31 heavy (non-hydrogen) atoms. The predicted molar refractivity (Wildman–Crippen MR) is 104 cm³/mol. The Morgan fingerprint density at radius 3 is 2.87 bits per heavy atom. The molecule has 3 N–H and O–H groups in total. The van der Waals surface area contributed by atoms with Crippen LogP contribution in [0.3, 0.4) is 0 Å². The number of hydrazine groups is 1. The minimum Gasteiger partial charge on any atom is -0.435 e. The first kappa shape index (κ1) is 20.2. The number of aromatic amines is 1. The number of nitrogens with zero attached hydrogens (tertiary/aromatic N) is 4. The fourth-order valence-corrected chi connectivity index (χ4v) is 2.75. The lowest BCUT2D eigenvalue weighted by Gasteiger charge is -2.20. The number of oxazole rings is 1. The Kier molecular flexibility index (Phi) is 5.43. The van der Waals surface area contributed by atoms with Crippen molar-refractivity contribution in [2.75, 3.05) is 18.4 Å². The van der Waals surface area contributed by atoms with Gasteiger partial charge >= 0.3 is 6.18 Å². The first-order valence-corrected chi connectivity index (χ1v) is 9.07. The summed E-state index contributed by atoms with van der Waals surface area (Å²) in [6.07, 6.45) is 7.10. The predicted octanol–water partition coefficient (Wildman–Crippen LogP) is 3.13. The molecule has 3 aromatic rings. The lowest BCUT2D eigenvalue weighted by atomic mass is 10.2. The first-order valence-electron chi connectivity index (χ1n) is 9.07. The molecule has 0 saturated heterocycles. The molecule has 0 spiro atoms. The van der Waals surface area contributed by atoms with Gasteiger partial charge in [-0.1, -0.05) is 12.2 Å². The molecule has 4 heterocycles. The molecular formula is C19H16F3N7O2. The fourth-order valence-electron chi connectivity index (χ4n) is 2.75. The van der Waals surface area contributed by atoms with E-state index in [1.165, 1.54) is 30.7 Å². The third-order valence-electron chi connectivity index (χ3n) is 4.14. The summed E-state index contributed by atoms with van der Waals surface area (Å²) in [5.74, 6) is -0.308. The number of halogens is 3. The number of nitrogens with one attached hydrogen (secondary N) is 3. The molecule has 12 heteroatoms.